The number of rotatable bonds is 6. The van der Waals surface area contributed by atoms with Crippen LogP contribution in [-0.4, -0.2) is 17.1 Å². The number of nitrogens with zero attached hydrogens (tertiary/aromatic N) is 1. The average Bonchev–Trinajstić information content (AvgIpc) is 2.33. The number of hydrogen-bond acceptors (Lipinski definition) is 3. The van der Waals surface area contributed by atoms with Crippen molar-refractivity contribution in [2.24, 2.45) is 5.92 Å². The molecule has 0 amide bonds. The summed E-state index contributed by atoms with van der Waals surface area (Å²) in [6, 6.07) is 1.52. The van der Waals surface area contributed by atoms with Crippen LogP contribution < -0.4 is 5.56 Å². The van der Waals surface area contributed by atoms with Crippen LogP contribution in [0, 0.1) is 19.8 Å². The van der Waals surface area contributed by atoms with Crippen LogP contribution in [0.15, 0.2) is 10.9 Å². The van der Waals surface area contributed by atoms with Gasteiger partial charge in [0.05, 0.1) is 12.2 Å². The number of hydrogen-bond donors (Lipinski definition) is 0. The number of esters is 1. The van der Waals surface area contributed by atoms with E-state index in [2.05, 4.69) is 13.8 Å². The fourth-order valence-electron chi connectivity index (χ4n) is 2.37. The molecule has 0 radical (unpaired) electrons. The Hall–Kier alpha value is -1.58. The van der Waals surface area contributed by atoms with Crippen LogP contribution in [0.3, 0.4) is 0 Å². The summed E-state index contributed by atoms with van der Waals surface area (Å²) >= 11 is 0. The fraction of sp³-hybridized carbons (Fsp3) is 0.625. The first-order chi connectivity index (χ1) is 9.38. The Labute approximate surface area is 120 Å². The van der Waals surface area contributed by atoms with Gasteiger partial charge in [0.25, 0.3) is 5.56 Å². The molecule has 4 nitrogen and oxygen atoms in total. The summed E-state index contributed by atoms with van der Waals surface area (Å²) in [6.07, 6.45) is 2.00. The normalized spacial score (nSPS) is 10.9. The molecule has 0 bridgehead atoms. The molecule has 0 aliphatic rings. The van der Waals surface area contributed by atoms with Gasteiger partial charge >= 0.3 is 5.97 Å². The van der Waals surface area contributed by atoms with Gasteiger partial charge in [-0.1, -0.05) is 13.8 Å². The van der Waals surface area contributed by atoms with Gasteiger partial charge in [-0.2, -0.15) is 0 Å². The first kappa shape index (κ1) is 16.5. The lowest BCUT2D eigenvalue weighted by atomic mass is 10.1. The van der Waals surface area contributed by atoms with Crippen molar-refractivity contribution < 1.29 is 9.53 Å². The topological polar surface area (TPSA) is 48.3 Å². The monoisotopic (exact) mass is 279 g/mol. The van der Waals surface area contributed by atoms with E-state index < -0.39 is 0 Å². The molecule has 0 aliphatic heterocycles. The lowest BCUT2D eigenvalue weighted by Gasteiger charge is -2.16. The van der Waals surface area contributed by atoms with Gasteiger partial charge in [0.15, 0.2) is 0 Å². The minimum Gasteiger partial charge on any atom is -0.462 e. The first-order valence-electron chi connectivity index (χ1n) is 7.26. The van der Waals surface area contributed by atoms with Gasteiger partial charge in [-0.15, -0.1) is 0 Å². The standard InChI is InChI=1S/C16H25NO3/c1-6-20-16(19)15-12(4)10-14(18)17(13(15)5)9-7-8-11(2)3/h10-11H,6-9H2,1-5H3. The quantitative estimate of drug-likeness (QED) is 0.752. The van der Waals surface area contributed by atoms with E-state index in [9.17, 15) is 9.59 Å². The highest BCUT2D eigenvalue weighted by molar-refractivity contribution is 5.92. The van der Waals surface area contributed by atoms with Crippen LogP contribution >= 0.6 is 0 Å². The molecular weight excluding hydrogens is 254 g/mol. The van der Waals surface area contributed by atoms with Crippen molar-refractivity contribution in [3.05, 3.63) is 33.2 Å². The van der Waals surface area contributed by atoms with Crippen molar-refractivity contribution >= 4 is 5.97 Å². The predicted octanol–water partition coefficient (Wildman–Crippen LogP) is 3.08. The van der Waals surface area contributed by atoms with Crippen LogP contribution in [0.2, 0.25) is 0 Å². The molecular formula is C16H25NO3. The number of pyridine rings is 1. The van der Waals surface area contributed by atoms with Crippen molar-refractivity contribution in [1.29, 1.82) is 0 Å². The second-order valence-corrected chi connectivity index (χ2v) is 5.53. The van der Waals surface area contributed by atoms with E-state index in [4.69, 9.17) is 4.74 Å². The SMILES string of the molecule is CCOC(=O)c1c(C)cc(=O)n(CCCC(C)C)c1C. The van der Waals surface area contributed by atoms with E-state index in [0.29, 0.717) is 35.9 Å². The number of carbonyl (C=O) groups is 1. The Morgan fingerprint density at radius 1 is 1.35 bits per heavy atom. The molecule has 0 atom stereocenters. The molecule has 0 saturated heterocycles. The van der Waals surface area contributed by atoms with E-state index in [1.165, 1.54) is 6.07 Å². The minimum absolute atomic E-state index is 0.0446. The summed E-state index contributed by atoms with van der Waals surface area (Å²) in [5.41, 5.74) is 1.87. The lowest BCUT2D eigenvalue weighted by Crippen LogP contribution is -2.26. The van der Waals surface area contributed by atoms with Crippen LogP contribution in [0.1, 0.15) is 55.2 Å². The molecule has 1 rings (SSSR count). The maximum Gasteiger partial charge on any atom is 0.340 e. The van der Waals surface area contributed by atoms with E-state index in [-0.39, 0.29) is 11.5 Å². The summed E-state index contributed by atoms with van der Waals surface area (Å²) < 4.78 is 6.76. The van der Waals surface area contributed by atoms with Crippen molar-refractivity contribution in [3.8, 4) is 0 Å². The highest BCUT2D eigenvalue weighted by Gasteiger charge is 2.17. The van der Waals surface area contributed by atoms with Gasteiger partial charge in [0, 0.05) is 18.3 Å². The molecule has 0 fully saturated rings. The van der Waals surface area contributed by atoms with Crippen molar-refractivity contribution in [2.45, 2.75) is 54.0 Å². The van der Waals surface area contributed by atoms with Crippen LogP contribution in [0.25, 0.3) is 0 Å². The molecule has 0 aliphatic carbocycles. The summed E-state index contributed by atoms with van der Waals surface area (Å²) in [5, 5.41) is 0. The molecule has 1 heterocycles. The smallest absolute Gasteiger partial charge is 0.340 e. The summed E-state index contributed by atoms with van der Waals surface area (Å²) in [7, 11) is 0. The van der Waals surface area contributed by atoms with Crippen LogP contribution in [-0.2, 0) is 11.3 Å². The summed E-state index contributed by atoms with van der Waals surface area (Å²) in [5.74, 6) is 0.265. The number of ether oxygens (including phenoxy) is 1. The molecule has 1 aromatic heterocycles. The minimum atomic E-state index is -0.347. The third-order valence-corrected chi connectivity index (χ3v) is 3.41. The van der Waals surface area contributed by atoms with Crippen molar-refractivity contribution in [1.82, 2.24) is 4.57 Å². The Morgan fingerprint density at radius 3 is 2.55 bits per heavy atom. The Morgan fingerprint density at radius 2 is 2.00 bits per heavy atom. The molecule has 20 heavy (non-hydrogen) atoms. The van der Waals surface area contributed by atoms with E-state index >= 15 is 0 Å². The highest BCUT2D eigenvalue weighted by atomic mass is 16.5. The van der Waals surface area contributed by atoms with E-state index in [1.807, 2.05) is 6.92 Å². The van der Waals surface area contributed by atoms with Gasteiger partial charge in [0.1, 0.15) is 0 Å². The summed E-state index contributed by atoms with van der Waals surface area (Å²) in [6.45, 7) is 10.7. The van der Waals surface area contributed by atoms with Gasteiger partial charge in [0.2, 0.25) is 0 Å². The molecule has 0 saturated carbocycles. The number of carbonyl (C=O) groups excluding carboxylic acids is 1. The van der Waals surface area contributed by atoms with Crippen LogP contribution in [0.4, 0.5) is 0 Å². The zero-order valence-corrected chi connectivity index (χ0v) is 13.2. The molecule has 1 aromatic rings. The highest BCUT2D eigenvalue weighted by Crippen LogP contribution is 2.14. The third-order valence-electron chi connectivity index (χ3n) is 3.41. The second-order valence-electron chi connectivity index (χ2n) is 5.53. The second kappa shape index (κ2) is 7.27. The van der Waals surface area contributed by atoms with Gasteiger partial charge in [-0.25, -0.2) is 4.79 Å². The van der Waals surface area contributed by atoms with Crippen molar-refractivity contribution in [3.63, 3.8) is 0 Å². The van der Waals surface area contributed by atoms with Crippen molar-refractivity contribution in [2.75, 3.05) is 6.61 Å². The molecule has 0 N–H and O–H groups in total. The Balaban J connectivity index is 3.09. The Kier molecular flexibility index (Phi) is 5.99. The van der Waals surface area contributed by atoms with Crippen LogP contribution in [0.5, 0.6) is 0 Å². The molecule has 0 spiro atoms. The average molecular weight is 279 g/mol. The van der Waals surface area contributed by atoms with E-state index in [1.54, 1.807) is 18.4 Å². The van der Waals surface area contributed by atoms with Gasteiger partial charge < -0.3 is 9.30 Å². The first-order valence-corrected chi connectivity index (χ1v) is 7.26. The predicted molar refractivity (Wildman–Crippen MR) is 80.2 cm³/mol. The number of aromatic nitrogens is 1. The zero-order valence-electron chi connectivity index (χ0n) is 13.2. The summed E-state index contributed by atoms with van der Waals surface area (Å²) in [4.78, 5) is 24.1. The molecule has 4 heteroatoms. The largest absolute Gasteiger partial charge is 0.462 e. The number of aryl methyl sites for hydroxylation is 1. The Bertz CT molecular complexity index is 529. The zero-order chi connectivity index (χ0) is 15.3. The molecule has 0 unspecified atom stereocenters. The fourth-order valence-corrected chi connectivity index (χ4v) is 2.37. The maximum absolute atomic E-state index is 12.1. The maximum atomic E-state index is 12.1. The van der Waals surface area contributed by atoms with Gasteiger partial charge in [-0.05, 0) is 45.1 Å². The lowest BCUT2D eigenvalue weighted by molar-refractivity contribution is 0.0523. The van der Waals surface area contributed by atoms with Gasteiger partial charge in [-0.3, -0.25) is 4.79 Å². The van der Waals surface area contributed by atoms with E-state index in [0.717, 1.165) is 12.8 Å². The third kappa shape index (κ3) is 3.95. The molecule has 112 valence electrons. The molecule has 0 aromatic carbocycles.